The van der Waals surface area contributed by atoms with E-state index in [1.54, 1.807) is 4.90 Å². The molecule has 28 heavy (non-hydrogen) atoms. The number of aromatic nitrogens is 2. The molecule has 0 atom stereocenters. The molecule has 0 unspecified atom stereocenters. The van der Waals surface area contributed by atoms with Crippen LogP contribution in [0.3, 0.4) is 0 Å². The van der Waals surface area contributed by atoms with Crippen LogP contribution in [0.5, 0.6) is 0 Å². The van der Waals surface area contributed by atoms with Crippen LogP contribution in [0, 0.1) is 5.92 Å². The second-order valence-corrected chi connectivity index (χ2v) is 7.98. The fraction of sp³-hybridized carbons (Fsp3) is 0.500. The van der Waals surface area contributed by atoms with Gasteiger partial charge in [-0.25, -0.2) is 4.79 Å². The Morgan fingerprint density at radius 1 is 1.18 bits per heavy atom. The Labute approximate surface area is 170 Å². The molecule has 0 bridgehead atoms. The molecule has 0 saturated carbocycles. The average Bonchev–Trinajstić information content (AvgIpc) is 3.14. The van der Waals surface area contributed by atoms with Gasteiger partial charge in [-0.1, -0.05) is 68.9 Å². The summed E-state index contributed by atoms with van der Waals surface area (Å²) < 4.78 is 0. The lowest BCUT2D eigenvalue weighted by atomic mass is 10.2. The summed E-state index contributed by atoms with van der Waals surface area (Å²) >= 11 is 1.33. The largest absolute Gasteiger partial charge is 0.338 e. The first kappa shape index (κ1) is 21.8. The van der Waals surface area contributed by atoms with Crippen LogP contribution in [0.1, 0.15) is 40.0 Å². The first-order valence-corrected chi connectivity index (χ1v) is 10.5. The Kier molecular flexibility index (Phi) is 8.87. The Morgan fingerprint density at radius 3 is 2.61 bits per heavy atom. The van der Waals surface area contributed by atoms with Gasteiger partial charge in [-0.3, -0.25) is 4.79 Å². The zero-order valence-corrected chi connectivity index (χ0v) is 17.6. The fourth-order valence-corrected chi connectivity index (χ4v) is 3.36. The van der Waals surface area contributed by atoms with Crippen molar-refractivity contribution in [2.45, 2.75) is 40.0 Å². The van der Waals surface area contributed by atoms with Crippen LogP contribution in [-0.4, -0.2) is 46.7 Å². The zero-order valence-electron chi connectivity index (χ0n) is 16.8. The highest BCUT2D eigenvalue weighted by atomic mass is 32.1. The molecule has 0 spiro atoms. The van der Waals surface area contributed by atoms with Gasteiger partial charge in [0.05, 0.1) is 0 Å². The predicted molar refractivity (Wildman–Crippen MR) is 113 cm³/mol. The summed E-state index contributed by atoms with van der Waals surface area (Å²) in [6, 6.07) is 9.60. The van der Waals surface area contributed by atoms with Gasteiger partial charge in [-0.2, -0.15) is 0 Å². The van der Waals surface area contributed by atoms with Crippen molar-refractivity contribution in [2.24, 2.45) is 5.92 Å². The molecule has 3 amide bonds. The summed E-state index contributed by atoms with van der Waals surface area (Å²) in [5.74, 6) is 0.155. The van der Waals surface area contributed by atoms with Crippen molar-refractivity contribution in [2.75, 3.05) is 25.0 Å². The molecule has 0 radical (unpaired) electrons. The van der Waals surface area contributed by atoms with Crippen molar-refractivity contribution >= 4 is 28.4 Å². The van der Waals surface area contributed by atoms with Gasteiger partial charge >= 0.3 is 6.03 Å². The second-order valence-electron chi connectivity index (χ2n) is 7.00. The maximum absolute atomic E-state index is 12.3. The van der Waals surface area contributed by atoms with E-state index in [4.69, 9.17) is 0 Å². The SMILES string of the molecule is CCCCNC(=O)N(CCC(=O)Nc1nnc(-c2ccccc2)s1)CC(C)C. The minimum Gasteiger partial charge on any atom is -0.338 e. The number of benzene rings is 1. The maximum atomic E-state index is 12.3. The van der Waals surface area contributed by atoms with Gasteiger partial charge in [0.25, 0.3) is 0 Å². The molecule has 1 aromatic carbocycles. The highest BCUT2D eigenvalue weighted by Crippen LogP contribution is 2.25. The third kappa shape index (κ3) is 7.26. The predicted octanol–water partition coefficient (Wildman–Crippen LogP) is 4.00. The van der Waals surface area contributed by atoms with Gasteiger partial charge in [0.1, 0.15) is 5.01 Å². The molecule has 2 aromatic rings. The zero-order chi connectivity index (χ0) is 20.4. The van der Waals surface area contributed by atoms with Gasteiger partial charge < -0.3 is 15.5 Å². The number of nitrogens with one attached hydrogen (secondary N) is 2. The monoisotopic (exact) mass is 403 g/mol. The van der Waals surface area contributed by atoms with E-state index in [0.717, 1.165) is 23.4 Å². The number of carbonyl (C=O) groups excluding carboxylic acids is 2. The maximum Gasteiger partial charge on any atom is 0.317 e. The first-order chi connectivity index (χ1) is 13.5. The third-order valence-corrected chi connectivity index (χ3v) is 4.87. The summed E-state index contributed by atoms with van der Waals surface area (Å²) in [6.45, 7) is 7.83. The van der Waals surface area contributed by atoms with E-state index in [-0.39, 0.29) is 18.4 Å². The van der Waals surface area contributed by atoms with E-state index in [0.29, 0.717) is 30.7 Å². The van der Waals surface area contributed by atoms with E-state index in [2.05, 4.69) is 41.6 Å². The highest BCUT2D eigenvalue weighted by molar-refractivity contribution is 7.18. The van der Waals surface area contributed by atoms with Crippen molar-refractivity contribution < 1.29 is 9.59 Å². The molecule has 2 N–H and O–H groups in total. The molecular formula is C20H29N5O2S. The third-order valence-electron chi connectivity index (χ3n) is 3.98. The number of carbonyl (C=O) groups is 2. The molecule has 0 aliphatic rings. The van der Waals surface area contributed by atoms with Crippen LogP contribution in [0.25, 0.3) is 10.6 Å². The molecule has 8 heteroatoms. The Bertz CT molecular complexity index is 748. The second kappa shape index (κ2) is 11.4. The number of amides is 3. The molecule has 1 aromatic heterocycles. The molecule has 0 aliphatic heterocycles. The van der Waals surface area contributed by atoms with E-state index in [1.165, 1.54) is 11.3 Å². The van der Waals surface area contributed by atoms with Crippen LogP contribution in [-0.2, 0) is 4.79 Å². The molecule has 7 nitrogen and oxygen atoms in total. The van der Waals surface area contributed by atoms with Crippen molar-refractivity contribution in [3.8, 4) is 10.6 Å². The van der Waals surface area contributed by atoms with Gasteiger partial charge in [-0.15, -0.1) is 10.2 Å². The van der Waals surface area contributed by atoms with Gasteiger partial charge in [0.15, 0.2) is 0 Å². The van der Waals surface area contributed by atoms with Crippen LogP contribution in [0.4, 0.5) is 9.93 Å². The van der Waals surface area contributed by atoms with Gasteiger partial charge in [0, 0.05) is 31.6 Å². The van der Waals surface area contributed by atoms with Crippen LogP contribution < -0.4 is 10.6 Å². The van der Waals surface area contributed by atoms with Gasteiger partial charge in [0.2, 0.25) is 11.0 Å². The van der Waals surface area contributed by atoms with Crippen molar-refractivity contribution in [1.82, 2.24) is 20.4 Å². The Balaban J connectivity index is 1.86. The minimum absolute atomic E-state index is 0.114. The lowest BCUT2D eigenvalue weighted by Gasteiger charge is -2.24. The quantitative estimate of drug-likeness (QED) is 0.587. The van der Waals surface area contributed by atoms with Gasteiger partial charge in [-0.05, 0) is 12.3 Å². The number of urea groups is 1. The Morgan fingerprint density at radius 2 is 1.93 bits per heavy atom. The number of hydrogen-bond acceptors (Lipinski definition) is 5. The molecule has 1 heterocycles. The van der Waals surface area contributed by atoms with Crippen LogP contribution >= 0.6 is 11.3 Å². The number of anilines is 1. The van der Waals surface area contributed by atoms with Crippen molar-refractivity contribution in [3.05, 3.63) is 30.3 Å². The summed E-state index contributed by atoms with van der Waals surface area (Å²) in [6.07, 6.45) is 2.19. The number of rotatable bonds is 10. The first-order valence-electron chi connectivity index (χ1n) is 9.71. The molecule has 0 aliphatic carbocycles. The summed E-state index contributed by atoms with van der Waals surface area (Å²) in [4.78, 5) is 26.4. The molecule has 2 rings (SSSR count). The van der Waals surface area contributed by atoms with Crippen molar-refractivity contribution in [1.29, 1.82) is 0 Å². The number of nitrogens with zero attached hydrogens (tertiary/aromatic N) is 3. The fourth-order valence-electron chi connectivity index (χ4n) is 2.59. The molecular weight excluding hydrogens is 374 g/mol. The Hall–Kier alpha value is -2.48. The van der Waals surface area contributed by atoms with Crippen molar-refractivity contribution in [3.63, 3.8) is 0 Å². The van der Waals surface area contributed by atoms with E-state index < -0.39 is 0 Å². The lowest BCUT2D eigenvalue weighted by Crippen LogP contribution is -2.43. The minimum atomic E-state index is -0.175. The van der Waals surface area contributed by atoms with Crippen LogP contribution in [0.15, 0.2) is 30.3 Å². The topological polar surface area (TPSA) is 87.2 Å². The smallest absolute Gasteiger partial charge is 0.317 e. The summed E-state index contributed by atoms with van der Waals surface area (Å²) in [5, 5.41) is 15.1. The standard InChI is InChI=1S/C20H29N5O2S/c1-4-5-12-21-20(27)25(14-15(2)3)13-11-17(26)22-19-24-23-18(28-19)16-9-7-6-8-10-16/h6-10,15H,4-5,11-14H2,1-3H3,(H,21,27)(H,22,24,26). The normalized spacial score (nSPS) is 10.7. The van der Waals surface area contributed by atoms with Crippen LogP contribution in [0.2, 0.25) is 0 Å². The summed E-state index contributed by atoms with van der Waals surface area (Å²) in [7, 11) is 0. The highest BCUT2D eigenvalue weighted by Gasteiger charge is 2.17. The van der Waals surface area contributed by atoms with E-state index in [1.807, 2.05) is 30.3 Å². The molecule has 0 saturated heterocycles. The summed E-state index contributed by atoms with van der Waals surface area (Å²) in [5.41, 5.74) is 0.965. The number of unbranched alkanes of at least 4 members (excludes halogenated alkanes) is 1. The number of hydrogen-bond donors (Lipinski definition) is 2. The molecule has 152 valence electrons. The van der Waals surface area contributed by atoms with E-state index in [9.17, 15) is 9.59 Å². The molecule has 0 fully saturated rings. The lowest BCUT2D eigenvalue weighted by molar-refractivity contribution is -0.116. The van der Waals surface area contributed by atoms with E-state index >= 15 is 0 Å². The average molecular weight is 404 g/mol.